The molecule has 0 fully saturated rings. The Bertz CT molecular complexity index is 677. The first-order valence-corrected chi connectivity index (χ1v) is 6.58. The van der Waals surface area contributed by atoms with E-state index in [0.29, 0.717) is 16.0 Å². The van der Waals surface area contributed by atoms with Gasteiger partial charge in [-0.25, -0.2) is 14.8 Å². The molecule has 1 aromatic carbocycles. The summed E-state index contributed by atoms with van der Waals surface area (Å²) in [6.07, 6.45) is 0.867. The molecule has 2 heterocycles. The molecule has 20 heavy (non-hydrogen) atoms. The second kappa shape index (κ2) is 5.09. The van der Waals surface area contributed by atoms with Crippen molar-refractivity contribution in [3.05, 3.63) is 46.5 Å². The number of hydrogen-bond donors (Lipinski definition) is 1. The van der Waals surface area contributed by atoms with Crippen LogP contribution in [-0.4, -0.2) is 27.7 Å². The van der Waals surface area contributed by atoms with Crippen molar-refractivity contribution in [1.29, 1.82) is 0 Å². The van der Waals surface area contributed by atoms with Gasteiger partial charge in [0, 0.05) is 6.20 Å². The maximum absolute atomic E-state index is 11.1. The van der Waals surface area contributed by atoms with Gasteiger partial charge in [-0.3, -0.25) is 0 Å². The number of carboxylic acid groups (broad SMARTS) is 1. The van der Waals surface area contributed by atoms with E-state index in [0.717, 1.165) is 0 Å². The van der Waals surface area contributed by atoms with Gasteiger partial charge >= 0.3 is 5.97 Å². The molecule has 6 nitrogen and oxygen atoms in total. The maximum atomic E-state index is 11.1. The lowest BCUT2D eigenvalue weighted by atomic mass is 10.2. The van der Waals surface area contributed by atoms with Crippen molar-refractivity contribution in [2.75, 3.05) is 6.61 Å². The zero-order valence-corrected chi connectivity index (χ0v) is 11.7. The Balaban J connectivity index is 1.92. The van der Waals surface area contributed by atoms with Crippen LogP contribution in [0.1, 0.15) is 22.4 Å². The number of aromatic carboxylic acids is 1. The van der Waals surface area contributed by atoms with Crippen LogP contribution in [-0.2, 0) is 0 Å². The van der Waals surface area contributed by atoms with Gasteiger partial charge < -0.3 is 14.6 Å². The summed E-state index contributed by atoms with van der Waals surface area (Å²) in [6, 6.07) is 7.26. The third-order valence-corrected chi connectivity index (χ3v) is 3.34. The highest BCUT2D eigenvalue weighted by atomic mass is 79.9. The van der Waals surface area contributed by atoms with Gasteiger partial charge in [0.15, 0.2) is 29.1 Å². The molecule has 102 valence electrons. The summed E-state index contributed by atoms with van der Waals surface area (Å²) in [5, 5.41) is 9.05. The molecule has 0 saturated carbocycles. The predicted octanol–water partition coefficient (Wildman–Crippen LogP) is 2.45. The normalized spacial score (nSPS) is 16.8. The highest BCUT2D eigenvalue weighted by Gasteiger charge is 2.26. The Labute approximate surface area is 122 Å². The lowest BCUT2D eigenvalue weighted by Gasteiger charge is -2.25. The molecule has 1 aromatic heterocycles. The average molecular weight is 337 g/mol. The zero-order valence-electron chi connectivity index (χ0n) is 10.1. The standard InChI is InChI=1S/C13H9BrN2O4/c14-7-5-15-12(16-11(7)13(17)18)10-6-19-8-3-1-2-4-9(8)20-10/h1-5,10H,6H2,(H,17,18). The van der Waals surface area contributed by atoms with Crippen molar-refractivity contribution >= 4 is 21.9 Å². The molecular weight excluding hydrogens is 328 g/mol. The minimum atomic E-state index is -1.13. The third kappa shape index (κ3) is 2.32. The average Bonchev–Trinajstić information content (AvgIpc) is 2.47. The number of carbonyl (C=O) groups is 1. The second-order valence-electron chi connectivity index (χ2n) is 4.09. The molecule has 3 rings (SSSR count). The van der Waals surface area contributed by atoms with Gasteiger partial charge in [0.05, 0.1) is 4.47 Å². The van der Waals surface area contributed by atoms with Crippen LogP contribution < -0.4 is 9.47 Å². The summed E-state index contributed by atoms with van der Waals surface area (Å²) in [7, 11) is 0. The van der Waals surface area contributed by atoms with Crippen molar-refractivity contribution in [2.24, 2.45) is 0 Å². The minimum Gasteiger partial charge on any atom is -0.485 e. The summed E-state index contributed by atoms with van der Waals surface area (Å²) >= 11 is 3.10. The van der Waals surface area contributed by atoms with Crippen LogP contribution in [0.3, 0.4) is 0 Å². The van der Waals surface area contributed by atoms with E-state index in [2.05, 4.69) is 25.9 Å². The fraction of sp³-hybridized carbons (Fsp3) is 0.154. The molecule has 7 heteroatoms. The molecule has 0 radical (unpaired) electrons. The van der Waals surface area contributed by atoms with E-state index in [4.69, 9.17) is 14.6 Å². The molecule has 1 aliphatic rings. The van der Waals surface area contributed by atoms with Crippen LogP contribution in [0.25, 0.3) is 0 Å². The summed E-state index contributed by atoms with van der Waals surface area (Å²) in [4.78, 5) is 19.2. The Kier molecular flexibility index (Phi) is 3.27. The van der Waals surface area contributed by atoms with Crippen LogP contribution in [0.5, 0.6) is 11.5 Å². The van der Waals surface area contributed by atoms with E-state index in [1.54, 1.807) is 12.1 Å². The van der Waals surface area contributed by atoms with Crippen LogP contribution in [0.2, 0.25) is 0 Å². The van der Waals surface area contributed by atoms with E-state index < -0.39 is 12.1 Å². The molecule has 1 unspecified atom stereocenters. The van der Waals surface area contributed by atoms with Crippen LogP contribution in [0.4, 0.5) is 0 Å². The minimum absolute atomic E-state index is 0.0996. The number of ether oxygens (including phenoxy) is 2. The van der Waals surface area contributed by atoms with Crippen molar-refractivity contribution in [3.8, 4) is 11.5 Å². The number of carboxylic acids is 1. The summed E-state index contributed by atoms with van der Waals surface area (Å²) in [5.41, 5.74) is -0.0996. The third-order valence-electron chi connectivity index (χ3n) is 2.76. The number of nitrogens with zero attached hydrogens (tertiary/aromatic N) is 2. The lowest BCUT2D eigenvalue weighted by molar-refractivity contribution is 0.0681. The summed E-state index contributed by atoms with van der Waals surface area (Å²) in [6.45, 7) is 0.234. The van der Waals surface area contributed by atoms with Gasteiger partial charge in [0.1, 0.15) is 6.61 Å². The molecule has 1 N–H and O–H groups in total. The van der Waals surface area contributed by atoms with Crippen molar-refractivity contribution < 1.29 is 19.4 Å². The monoisotopic (exact) mass is 336 g/mol. The molecule has 0 spiro atoms. The van der Waals surface area contributed by atoms with Crippen LogP contribution in [0, 0.1) is 0 Å². The van der Waals surface area contributed by atoms with Gasteiger partial charge in [-0.1, -0.05) is 12.1 Å². The highest BCUT2D eigenvalue weighted by Crippen LogP contribution is 2.35. The number of hydrogen-bond acceptors (Lipinski definition) is 5. The molecule has 2 aromatic rings. The van der Waals surface area contributed by atoms with Crippen molar-refractivity contribution in [3.63, 3.8) is 0 Å². The fourth-order valence-corrected chi connectivity index (χ4v) is 2.19. The van der Waals surface area contributed by atoms with Gasteiger partial charge in [0.2, 0.25) is 0 Å². The van der Waals surface area contributed by atoms with E-state index >= 15 is 0 Å². The van der Waals surface area contributed by atoms with Crippen molar-refractivity contribution in [1.82, 2.24) is 9.97 Å². The van der Waals surface area contributed by atoms with Crippen LogP contribution >= 0.6 is 15.9 Å². The smallest absolute Gasteiger partial charge is 0.355 e. The molecule has 1 atom stereocenters. The molecule has 0 saturated heterocycles. The zero-order chi connectivity index (χ0) is 14.1. The predicted molar refractivity (Wildman–Crippen MR) is 72.0 cm³/mol. The number of aromatic nitrogens is 2. The molecule has 0 bridgehead atoms. The Morgan fingerprint density at radius 3 is 2.85 bits per heavy atom. The molecule has 0 aliphatic carbocycles. The molecular formula is C13H9BrN2O4. The first-order chi connectivity index (χ1) is 9.65. The second-order valence-corrected chi connectivity index (χ2v) is 4.95. The number of rotatable bonds is 2. The SMILES string of the molecule is O=C(O)c1nc(C2COc3ccccc3O2)ncc1Br. The molecule has 1 aliphatic heterocycles. The Hall–Kier alpha value is -2.15. The van der Waals surface area contributed by atoms with Gasteiger partial charge in [-0.2, -0.15) is 0 Å². The van der Waals surface area contributed by atoms with E-state index in [9.17, 15) is 4.79 Å². The van der Waals surface area contributed by atoms with Crippen molar-refractivity contribution in [2.45, 2.75) is 6.10 Å². The van der Waals surface area contributed by atoms with Crippen LogP contribution in [0.15, 0.2) is 34.9 Å². The number of halogens is 1. The maximum Gasteiger partial charge on any atom is 0.355 e. The quantitative estimate of drug-likeness (QED) is 0.907. The first kappa shape index (κ1) is 12.9. The summed E-state index contributed by atoms with van der Waals surface area (Å²) < 4.78 is 11.6. The fourth-order valence-electron chi connectivity index (χ4n) is 1.83. The number of fused-ring (bicyclic) bond motifs is 1. The topological polar surface area (TPSA) is 81.5 Å². The van der Waals surface area contributed by atoms with E-state index in [-0.39, 0.29) is 18.1 Å². The van der Waals surface area contributed by atoms with Gasteiger partial charge in [-0.15, -0.1) is 0 Å². The highest BCUT2D eigenvalue weighted by molar-refractivity contribution is 9.10. The summed E-state index contributed by atoms with van der Waals surface area (Å²) in [5.74, 6) is 0.393. The molecule has 0 amide bonds. The Morgan fingerprint density at radius 1 is 1.35 bits per heavy atom. The van der Waals surface area contributed by atoms with Gasteiger partial charge in [-0.05, 0) is 28.1 Å². The number of benzene rings is 1. The lowest BCUT2D eigenvalue weighted by Crippen LogP contribution is -2.24. The van der Waals surface area contributed by atoms with Gasteiger partial charge in [0.25, 0.3) is 0 Å². The largest absolute Gasteiger partial charge is 0.485 e. The number of para-hydroxylation sites is 2. The van der Waals surface area contributed by atoms with E-state index in [1.807, 2.05) is 12.1 Å². The Morgan fingerprint density at radius 2 is 2.10 bits per heavy atom. The van der Waals surface area contributed by atoms with E-state index in [1.165, 1.54) is 6.20 Å². The first-order valence-electron chi connectivity index (χ1n) is 5.79.